The quantitative estimate of drug-likeness (QED) is 0.0200. The summed E-state index contributed by atoms with van der Waals surface area (Å²) in [6, 6.07) is 23.6. The molecule has 0 aromatic heterocycles. The summed E-state index contributed by atoms with van der Waals surface area (Å²) in [4.78, 5) is 144. The van der Waals surface area contributed by atoms with Gasteiger partial charge in [-0.2, -0.15) is 0 Å². The van der Waals surface area contributed by atoms with Crippen molar-refractivity contribution in [1.82, 2.24) is 30.7 Å². The largest absolute Gasteiger partial charge is 0.465 e. The number of esters is 1. The maximum Gasteiger partial charge on any atom is 0.359 e. The van der Waals surface area contributed by atoms with E-state index in [1.54, 1.807) is 84.9 Å². The van der Waals surface area contributed by atoms with Crippen LogP contribution >= 0.6 is 22.8 Å². The van der Waals surface area contributed by atoms with Gasteiger partial charge in [0.15, 0.2) is 0 Å². The summed E-state index contributed by atoms with van der Waals surface area (Å²) in [7, 11) is -8.22. The van der Waals surface area contributed by atoms with Crippen LogP contribution in [0.25, 0.3) is 0 Å². The van der Waals surface area contributed by atoms with Crippen LogP contribution < -0.4 is 31.9 Å². The van der Waals surface area contributed by atoms with Crippen LogP contribution in [-0.4, -0.2) is 190 Å². The highest BCUT2D eigenvalue weighted by Gasteiger charge is 2.54. The highest BCUT2D eigenvalue weighted by atomic mass is 31.2. The van der Waals surface area contributed by atoms with E-state index >= 15 is 0 Å². The van der Waals surface area contributed by atoms with Crippen LogP contribution in [0.1, 0.15) is 162 Å². The molecular formula is C72H105N6O20P3. The molecule has 29 heteroatoms. The summed E-state index contributed by atoms with van der Waals surface area (Å²) < 4.78 is 67.4. The molecule has 558 valence electrons. The number of nitrogens with zero attached hydrogens (tertiary/aromatic N) is 3. The summed E-state index contributed by atoms with van der Waals surface area (Å²) in [5.41, 5.74) is 0.871. The second-order valence-corrected chi connectivity index (χ2v) is 32.9. The van der Waals surface area contributed by atoms with E-state index in [1.165, 1.54) is 34.6 Å². The third kappa shape index (κ3) is 24.7. The van der Waals surface area contributed by atoms with Crippen molar-refractivity contribution >= 4 is 91.3 Å². The molecule has 6 bridgehead atoms. The molecule has 101 heavy (non-hydrogen) atoms. The first kappa shape index (κ1) is 82.5. The van der Waals surface area contributed by atoms with Crippen molar-refractivity contribution in [3.05, 3.63) is 90.5 Å². The Morgan fingerprint density at radius 3 is 1.27 bits per heavy atom. The van der Waals surface area contributed by atoms with Gasteiger partial charge in [-0.25, -0.2) is 0 Å². The molecule has 0 radical (unpaired) electrons. The van der Waals surface area contributed by atoms with Gasteiger partial charge in [0.1, 0.15) is 28.9 Å². The Hall–Kier alpha value is -5.82. The lowest BCUT2D eigenvalue weighted by atomic mass is 9.84. The molecular weight excluding hydrogens is 1360 g/mol. The van der Waals surface area contributed by atoms with Gasteiger partial charge in [0.05, 0.1) is 65.2 Å². The molecule has 6 aliphatic rings. The number of nitrogens with one attached hydrogen (secondary N) is 3. The number of amides is 3. The van der Waals surface area contributed by atoms with Crippen LogP contribution in [0.2, 0.25) is 0 Å². The maximum absolute atomic E-state index is 13.1. The predicted molar refractivity (Wildman–Crippen MR) is 379 cm³/mol. The van der Waals surface area contributed by atoms with Crippen LogP contribution in [0.5, 0.6) is 0 Å². The molecule has 9 unspecified atom stereocenters. The fourth-order valence-corrected chi connectivity index (χ4v) is 18.6. The molecule has 3 aromatic rings. The number of piperidine rings is 3. The second kappa shape index (κ2) is 39.3. The van der Waals surface area contributed by atoms with Crippen molar-refractivity contribution in [2.45, 2.75) is 218 Å². The molecule has 0 spiro atoms. The topological polar surface area (TPSA) is 357 Å². The van der Waals surface area contributed by atoms with Gasteiger partial charge in [-0.05, 0) is 174 Å². The van der Waals surface area contributed by atoms with Crippen molar-refractivity contribution in [3.63, 3.8) is 0 Å². The number of ketones is 5. The van der Waals surface area contributed by atoms with Crippen LogP contribution in [0.4, 0.5) is 0 Å². The third-order valence-corrected chi connectivity index (χ3v) is 24.7. The Kier molecular flexibility index (Phi) is 32.1. The number of hydrogen-bond acceptors (Lipinski definition) is 20. The average molecular weight is 1470 g/mol. The van der Waals surface area contributed by atoms with Crippen LogP contribution in [0.3, 0.4) is 0 Å². The number of unbranched alkanes of at least 4 members (excludes halogenated alkanes) is 2. The van der Waals surface area contributed by atoms with E-state index in [0.717, 1.165) is 56.9 Å². The normalized spacial score (nSPS) is 26.2. The van der Waals surface area contributed by atoms with E-state index in [2.05, 4.69) is 30.7 Å². The summed E-state index contributed by atoms with van der Waals surface area (Å²) in [6.45, 7) is 10.5. The van der Waals surface area contributed by atoms with Gasteiger partial charge in [-0.1, -0.05) is 48.5 Å². The first-order valence-electron chi connectivity index (χ1n) is 35.4. The van der Waals surface area contributed by atoms with E-state index in [1.807, 2.05) is 14.1 Å². The van der Waals surface area contributed by atoms with Crippen molar-refractivity contribution in [2.75, 3.05) is 53.5 Å². The minimum absolute atomic E-state index is 0.0000548. The lowest BCUT2D eigenvalue weighted by Gasteiger charge is -2.43. The fraction of sp³-hybridized carbons (Fsp3) is 0.625. The highest BCUT2D eigenvalue weighted by molar-refractivity contribution is 7.61. The Balaban J connectivity index is 0.000000213. The molecule has 6 fully saturated rings. The zero-order valence-electron chi connectivity index (χ0n) is 59.4. The molecule has 0 aliphatic carbocycles. The molecule has 26 nitrogen and oxygen atoms in total. The zero-order chi connectivity index (χ0) is 73.6. The van der Waals surface area contributed by atoms with E-state index in [0.29, 0.717) is 71.5 Å². The van der Waals surface area contributed by atoms with Gasteiger partial charge in [0.2, 0.25) is 17.7 Å². The Morgan fingerprint density at radius 2 is 0.822 bits per heavy atom. The van der Waals surface area contributed by atoms with Gasteiger partial charge >= 0.3 is 28.8 Å². The minimum Gasteiger partial charge on any atom is -0.465 e. The number of carbonyl (C=O) groups is 9. The minimum atomic E-state index is -4.09. The van der Waals surface area contributed by atoms with E-state index in [9.17, 15) is 71.5 Å². The van der Waals surface area contributed by atoms with Crippen LogP contribution in [-0.2, 0) is 86.5 Å². The first-order valence-corrected chi connectivity index (χ1v) is 40.2. The highest BCUT2D eigenvalue weighted by Crippen LogP contribution is 2.52. The van der Waals surface area contributed by atoms with Gasteiger partial charge < -0.3 is 68.1 Å². The number of rotatable bonds is 36. The molecule has 6 aliphatic heterocycles. The summed E-state index contributed by atoms with van der Waals surface area (Å²) in [5, 5.41) is 9.01. The molecule has 6 saturated heterocycles. The lowest BCUT2D eigenvalue weighted by Crippen LogP contribution is -2.55. The van der Waals surface area contributed by atoms with Crippen molar-refractivity contribution < 1.29 is 94.6 Å². The Labute approximate surface area is 593 Å². The van der Waals surface area contributed by atoms with Crippen molar-refractivity contribution in [2.24, 2.45) is 17.8 Å². The fourth-order valence-electron chi connectivity index (χ4n) is 14.8. The predicted octanol–water partition coefficient (Wildman–Crippen LogP) is 6.72. The van der Waals surface area contributed by atoms with Crippen molar-refractivity contribution in [3.8, 4) is 0 Å². The average Bonchev–Trinajstić information content (AvgIpc) is 1.68. The van der Waals surface area contributed by atoms with Gasteiger partial charge in [0, 0.05) is 108 Å². The van der Waals surface area contributed by atoms with Crippen LogP contribution in [0, 0.1) is 17.8 Å². The zero-order valence-corrected chi connectivity index (χ0v) is 62.0. The molecule has 6 N–H and O–H groups in total. The third-order valence-electron chi connectivity index (χ3n) is 20.2. The molecule has 0 saturated carbocycles. The SMILES string of the molecule is CC(=O)CCC(=O)NCCCCOC(=O)[C@@H]1C2CCC(C[C@@H]1OP(=O)(O)c1ccccc1)N2C.CC(=O)CCC(=O)NCCCCOCc1ccc(P(=O)(O)O[C@H]2CC3CCC([C@H]2C(C)=O)N3C)cc1.CC(=O)CCC(=O)NCCN1C2CCC1[C@@H](C(C)=O)[C@@H](OP(=O)(O)c1ccccc1)C2. The standard InChI is InChI=1S/C26H39N2O7P.C24H35N2O7P.C22H31N2O6P/c1-18(29)6-13-25(31)27-14-4-5-15-34-17-20-7-10-22(11-8-20)36(32,33)35-24-16-21-9-12-23(28(21)3)26(24)19(2)30;1-17(27)10-13-22(28)25-14-6-7-15-32-24(29)23-20-12-11-18(26(20)2)16-21(23)33-34(30,31)19-8-4-3-5-9-19;1-15(25)8-11-21(27)23-12-13-24-17-9-10-19(24)22(16(2)26)20(14-17)30-31(28,29)18-6-4-3-5-7-18/h7-8,10-11,21,23-24,26H,4-6,9,12-17H2,1-3H3,(H,27,31)(H,32,33);3-5,8-9,18,20-21,23H,6-7,10-16H2,1-2H3,(H,25,28)(H,30,31);3-7,17,19-20,22H,8-14H2,1-2H3,(H,23,27)(H,28,29)/t21?,23?,24-,26+;18?,20?,21-,23+;17?,19?,20-,22+/m000/s1. The van der Waals surface area contributed by atoms with E-state index < -0.39 is 64.8 Å². The second-order valence-electron chi connectivity index (χ2n) is 27.6. The van der Waals surface area contributed by atoms with E-state index in [4.69, 9.17) is 23.0 Å². The number of hydrogen-bond donors (Lipinski definition) is 6. The first-order chi connectivity index (χ1) is 48.0. The number of benzene rings is 3. The summed E-state index contributed by atoms with van der Waals surface area (Å²) in [6.07, 6.45) is 9.08. The Morgan fingerprint density at radius 1 is 0.446 bits per heavy atom. The molecule has 3 amide bonds. The van der Waals surface area contributed by atoms with Gasteiger partial charge in [-0.3, -0.25) is 57.2 Å². The molecule has 3 aromatic carbocycles. The molecule has 9 rings (SSSR count). The monoisotopic (exact) mass is 1470 g/mol. The number of carbonyl (C=O) groups excluding carboxylic acids is 9. The number of Topliss-reactive ketones (excluding diaryl/α,β-unsaturated/α-hetero) is 5. The molecule has 15 atom stereocenters. The number of ether oxygens (including phenoxy) is 2. The smallest absolute Gasteiger partial charge is 0.359 e. The summed E-state index contributed by atoms with van der Waals surface area (Å²) >= 11 is 0. The van der Waals surface area contributed by atoms with Gasteiger partial charge in [-0.15, -0.1) is 0 Å². The number of fused-ring (bicyclic) bond motifs is 6. The lowest BCUT2D eigenvalue weighted by molar-refractivity contribution is -0.158. The molecule has 6 heterocycles. The maximum atomic E-state index is 13.1. The summed E-state index contributed by atoms with van der Waals surface area (Å²) in [5.74, 6) is -2.47. The van der Waals surface area contributed by atoms with Gasteiger partial charge in [0.25, 0.3) is 0 Å². The van der Waals surface area contributed by atoms with E-state index in [-0.39, 0.29) is 144 Å². The Bertz CT molecular complexity index is 3440. The van der Waals surface area contributed by atoms with Crippen molar-refractivity contribution in [1.29, 1.82) is 0 Å². The van der Waals surface area contributed by atoms with Crippen LogP contribution in [0.15, 0.2) is 84.9 Å².